The van der Waals surface area contributed by atoms with Gasteiger partial charge in [0.05, 0.1) is 36.6 Å². The quantitative estimate of drug-likeness (QED) is 0.0781. The summed E-state index contributed by atoms with van der Waals surface area (Å²) in [5, 5.41) is 18.2. The summed E-state index contributed by atoms with van der Waals surface area (Å²) in [7, 11) is 4.60. The Bertz CT molecular complexity index is 1800. The summed E-state index contributed by atoms with van der Waals surface area (Å²) in [6.45, 7) is 13.0. The van der Waals surface area contributed by atoms with Crippen molar-refractivity contribution in [1.29, 1.82) is 0 Å². The van der Waals surface area contributed by atoms with E-state index in [2.05, 4.69) is 16.0 Å². The highest BCUT2D eigenvalue weighted by atomic mass is 16.5. The van der Waals surface area contributed by atoms with E-state index in [-0.39, 0.29) is 67.2 Å². The second kappa shape index (κ2) is 24.8. The standard InChI is InChI=1S/C47H72N6O11/c1-11-30(4)41(51(8)44(59)40(29(2)3)49-46(62)47(6,7)50-36(54)22-16-13-17-25-53-37(55)23-24-38(53)56)35(63-9)28-39(57)52-26-18-21-34(52)42(64-10)31(5)43(58)48-33(45(60)61)27-32-19-14-12-15-20-32/h12,14-15,19-20,23-24,29-31,33-35,40-42H,11,13,16-18,21-22,25-28H2,1-10H3,(H,48,58)(H,49,62)(H,50,54)(H,60,61)/t30-,31+,33-,34-,35+,40-,41-,42+/m0/s1. The maximum Gasteiger partial charge on any atom is 0.326 e. The van der Waals surface area contributed by atoms with E-state index in [1.807, 2.05) is 33.8 Å². The summed E-state index contributed by atoms with van der Waals surface area (Å²) in [6.07, 6.45) is 4.61. The van der Waals surface area contributed by atoms with E-state index >= 15 is 0 Å². The van der Waals surface area contributed by atoms with Crippen molar-refractivity contribution in [3.8, 4) is 0 Å². The number of unbranched alkanes of at least 4 members (excludes halogenated alkanes) is 2. The van der Waals surface area contributed by atoms with Crippen LogP contribution in [0.5, 0.6) is 0 Å². The van der Waals surface area contributed by atoms with E-state index in [9.17, 15) is 43.5 Å². The number of likely N-dealkylation sites (N-methyl/N-ethyl adjacent to an activating group) is 1. The maximum absolute atomic E-state index is 14.4. The van der Waals surface area contributed by atoms with Gasteiger partial charge in [0.2, 0.25) is 29.5 Å². The van der Waals surface area contributed by atoms with Crippen LogP contribution in [0.4, 0.5) is 0 Å². The number of carboxylic acid groups (broad SMARTS) is 1. The minimum Gasteiger partial charge on any atom is -0.480 e. The van der Waals surface area contributed by atoms with Crippen LogP contribution < -0.4 is 16.0 Å². The molecule has 0 unspecified atom stereocenters. The van der Waals surface area contributed by atoms with Crippen molar-refractivity contribution in [2.24, 2.45) is 17.8 Å². The highest BCUT2D eigenvalue weighted by Gasteiger charge is 2.44. The number of likely N-dealkylation sites (tertiary alicyclic amines) is 1. The van der Waals surface area contributed by atoms with E-state index in [1.54, 1.807) is 61.9 Å². The van der Waals surface area contributed by atoms with E-state index in [0.717, 1.165) is 10.5 Å². The van der Waals surface area contributed by atoms with Gasteiger partial charge in [0, 0.05) is 59.4 Å². The molecular weight excluding hydrogens is 825 g/mol. The lowest BCUT2D eigenvalue weighted by Crippen LogP contribution is -2.62. The Morgan fingerprint density at radius 3 is 2.12 bits per heavy atom. The first-order valence-corrected chi connectivity index (χ1v) is 22.5. The van der Waals surface area contributed by atoms with Crippen LogP contribution in [-0.2, 0) is 54.3 Å². The number of imide groups is 1. The van der Waals surface area contributed by atoms with Crippen molar-refractivity contribution in [3.05, 3.63) is 48.0 Å². The number of methoxy groups -OCH3 is 2. The van der Waals surface area contributed by atoms with Gasteiger partial charge in [-0.2, -0.15) is 0 Å². The fourth-order valence-corrected chi connectivity index (χ4v) is 8.57. The number of carboxylic acids is 1. The largest absolute Gasteiger partial charge is 0.480 e. The smallest absolute Gasteiger partial charge is 0.326 e. The van der Waals surface area contributed by atoms with Gasteiger partial charge in [-0.15, -0.1) is 0 Å². The molecule has 64 heavy (non-hydrogen) atoms. The molecule has 0 bridgehead atoms. The van der Waals surface area contributed by atoms with Gasteiger partial charge in [-0.05, 0) is 56.9 Å². The molecule has 0 aliphatic carbocycles. The number of rotatable bonds is 26. The molecule has 17 heteroatoms. The summed E-state index contributed by atoms with van der Waals surface area (Å²) in [4.78, 5) is 109. The SMILES string of the molecule is CC[C@H](C)[C@@H]([C@@H](CC(=O)N1CCC[C@H]1[C@H](OC)[C@@H](C)C(=O)N[C@@H](Cc1ccccc1)C(=O)O)OC)N(C)C(=O)[C@@H](NC(=O)C(C)(C)NC(=O)CCCCCN1C(=O)C=CC1=O)C(C)C. The van der Waals surface area contributed by atoms with Crippen molar-refractivity contribution in [2.45, 2.75) is 148 Å². The number of nitrogens with one attached hydrogen (secondary N) is 3. The summed E-state index contributed by atoms with van der Waals surface area (Å²) in [5.41, 5.74) is -0.608. The molecule has 0 radical (unpaired) electrons. The number of ether oxygens (including phenoxy) is 2. The number of aliphatic carboxylic acids is 1. The van der Waals surface area contributed by atoms with Gasteiger partial charge in [-0.25, -0.2) is 4.79 Å². The lowest BCUT2D eigenvalue weighted by atomic mass is 9.89. The van der Waals surface area contributed by atoms with Crippen molar-refractivity contribution in [3.63, 3.8) is 0 Å². The first kappa shape index (κ1) is 53.2. The average molecular weight is 897 g/mol. The Morgan fingerprint density at radius 1 is 0.922 bits per heavy atom. The molecule has 1 saturated heterocycles. The molecule has 0 aromatic heterocycles. The third kappa shape index (κ3) is 14.4. The minimum atomic E-state index is -1.37. The Morgan fingerprint density at radius 2 is 1.56 bits per heavy atom. The molecule has 1 fully saturated rings. The zero-order chi connectivity index (χ0) is 47.9. The molecule has 2 aliphatic heterocycles. The molecule has 2 heterocycles. The molecule has 3 rings (SSSR count). The van der Waals surface area contributed by atoms with Crippen LogP contribution in [0.25, 0.3) is 0 Å². The van der Waals surface area contributed by atoms with Crippen LogP contribution in [0.2, 0.25) is 0 Å². The molecule has 7 amide bonds. The van der Waals surface area contributed by atoms with Crippen LogP contribution >= 0.6 is 0 Å². The van der Waals surface area contributed by atoms with E-state index in [4.69, 9.17) is 9.47 Å². The topological polar surface area (TPSA) is 221 Å². The number of benzene rings is 1. The molecule has 356 valence electrons. The third-order valence-corrected chi connectivity index (χ3v) is 12.6. The lowest BCUT2D eigenvalue weighted by Gasteiger charge is -2.41. The molecule has 1 aromatic carbocycles. The monoisotopic (exact) mass is 897 g/mol. The summed E-state index contributed by atoms with van der Waals surface area (Å²) >= 11 is 0. The fourth-order valence-electron chi connectivity index (χ4n) is 8.57. The third-order valence-electron chi connectivity index (χ3n) is 12.6. The second-order valence-electron chi connectivity index (χ2n) is 18.0. The van der Waals surface area contributed by atoms with Gasteiger partial charge in [-0.3, -0.25) is 38.5 Å². The van der Waals surface area contributed by atoms with Crippen LogP contribution in [0.3, 0.4) is 0 Å². The molecule has 2 aliphatic rings. The lowest BCUT2D eigenvalue weighted by molar-refractivity contribution is -0.148. The van der Waals surface area contributed by atoms with E-state index in [1.165, 1.54) is 26.4 Å². The van der Waals surface area contributed by atoms with Gasteiger partial charge in [0.25, 0.3) is 11.8 Å². The second-order valence-corrected chi connectivity index (χ2v) is 18.0. The molecule has 17 nitrogen and oxygen atoms in total. The van der Waals surface area contributed by atoms with Crippen molar-refractivity contribution >= 4 is 47.3 Å². The zero-order valence-electron chi connectivity index (χ0n) is 39.4. The summed E-state index contributed by atoms with van der Waals surface area (Å²) in [5.74, 6) is -5.19. The van der Waals surface area contributed by atoms with Crippen LogP contribution in [0, 0.1) is 17.8 Å². The fraction of sp³-hybridized carbons (Fsp3) is 0.660. The van der Waals surface area contributed by atoms with E-state index < -0.39 is 65.6 Å². The van der Waals surface area contributed by atoms with Crippen LogP contribution in [0.15, 0.2) is 42.5 Å². The Labute approximate surface area is 378 Å². The molecule has 8 atom stereocenters. The summed E-state index contributed by atoms with van der Waals surface area (Å²) < 4.78 is 11.9. The Balaban J connectivity index is 1.67. The van der Waals surface area contributed by atoms with E-state index in [0.29, 0.717) is 45.1 Å². The highest BCUT2D eigenvalue weighted by Crippen LogP contribution is 2.30. The Hall–Kier alpha value is -5.16. The number of carbonyl (C=O) groups is 8. The van der Waals surface area contributed by atoms with Gasteiger partial charge < -0.3 is 40.3 Å². The number of carbonyl (C=O) groups excluding carboxylic acids is 7. The average Bonchev–Trinajstić information content (AvgIpc) is 3.87. The van der Waals surface area contributed by atoms with Gasteiger partial charge in [0.1, 0.15) is 17.6 Å². The summed E-state index contributed by atoms with van der Waals surface area (Å²) in [6, 6.07) is 5.81. The number of hydrogen-bond donors (Lipinski definition) is 4. The maximum atomic E-state index is 14.4. The normalized spacial score (nSPS) is 18.5. The van der Waals surface area contributed by atoms with Crippen molar-refractivity contribution < 1.29 is 52.9 Å². The molecule has 0 saturated carbocycles. The Kier molecular flexibility index (Phi) is 20.6. The molecule has 1 aromatic rings. The first-order chi connectivity index (χ1) is 30.2. The van der Waals surface area contributed by atoms with Gasteiger partial charge in [0.15, 0.2) is 0 Å². The van der Waals surface area contributed by atoms with Crippen molar-refractivity contribution in [1.82, 2.24) is 30.7 Å². The van der Waals surface area contributed by atoms with Crippen LogP contribution in [0.1, 0.15) is 105 Å². The minimum absolute atomic E-state index is 0.0850. The molecule has 0 spiro atoms. The predicted octanol–water partition coefficient (Wildman–Crippen LogP) is 3.24. The van der Waals surface area contributed by atoms with Gasteiger partial charge >= 0.3 is 5.97 Å². The number of amides is 7. The highest BCUT2D eigenvalue weighted by molar-refractivity contribution is 6.12. The van der Waals surface area contributed by atoms with Gasteiger partial charge in [-0.1, -0.05) is 77.8 Å². The zero-order valence-corrected chi connectivity index (χ0v) is 39.4. The number of hydrogen-bond acceptors (Lipinski definition) is 10. The predicted molar refractivity (Wildman–Crippen MR) is 239 cm³/mol. The molecular formula is C47H72N6O11. The first-order valence-electron chi connectivity index (χ1n) is 22.5. The number of nitrogens with zero attached hydrogens (tertiary/aromatic N) is 3. The van der Waals surface area contributed by atoms with Crippen LogP contribution in [-0.4, -0.2) is 143 Å². The molecule has 4 N–H and O–H groups in total. The van der Waals surface area contributed by atoms with Crippen molar-refractivity contribution in [2.75, 3.05) is 34.4 Å².